The Bertz CT molecular complexity index is 264. The molecule has 3 nitrogen and oxygen atoms in total. The van der Waals surface area contributed by atoms with Gasteiger partial charge in [-0.3, -0.25) is 4.79 Å². The van der Waals surface area contributed by atoms with Gasteiger partial charge < -0.3 is 10.2 Å². The van der Waals surface area contributed by atoms with E-state index in [4.69, 9.17) is 5.11 Å². The number of hydrogen-bond donors (Lipinski definition) is 2. The maximum Gasteiger partial charge on any atom is 0.308 e. The van der Waals surface area contributed by atoms with Gasteiger partial charge in [-0.05, 0) is 56.8 Å². The molecular formula is C13H22O3. The van der Waals surface area contributed by atoms with Gasteiger partial charge in [-0.25, -0.2) is 0 Å². The van der Waals surface area contributed by atoms with Crippen molar-refractivity contribution in [1.29, 1.82) is 0 Å². The molecule has 0 spiro atoms. The molecule has 2 saturated carbocycles. The van der Waals surface area contributed by atoms with E-state index >= 15 is 0 Å². The van der Waals surface area contributed by atoms with Crippen molar-refractivity contribution in [2.75, 3.05) is 0 Å². The Labute approximate surface area is 96.9 Å². The van der Waals surface area contributed by atoms with E-state index in [0.29, 0.717) is 6.42 Å². The van der Waals surface area contributed by atoms with Crippen molar-refractivity contribution in [3.05, 3.63) is 0 Å². The van der Waals surface area contributed by atoms with Crippen molar-refractivity contribution in [3.8, 4) is 0 Å². The van der Waals surface area contributed by atoms with E-state index < -0.39 is 18.0 Å². The van der Waals surface area contributed by atoms with Crippen LogP contribution in [-0.4, -0.2) is 22.3 Å². The Morgan fingerprint density at radius 2 is 2.12 bits per heavy atom. The molecule has 16 heavy (non-hydrogen) atoms. The summed E-state index contributed by atoms with van der Waals surface area (Å²) in [5, 5.41) is 18.5. The molecule has 0 radical (unpaired) electrons. The number of fused-ring (bicyclic) bond motifs is 2. The summed E-state index contributed by atoms with van der Waals surface area (Å²) in [7, 11) is 0. The highest BCUT2D eigenvalue weighted by molar-refractivity contribution is 5.70. The zero-order valence-corrected chi connectivity index (χ0v) is 9.93. The maximum absolute atomic E-state index is 10.7. The van der Waals surface area contributed by atoms with Crippen LogP contribution in [0.3, 0.4) is 0 Å². The third-order valence-corrected chi connectivity index (χ3v) is 4.68. The fraction of sp³-hybridized carbons (Fsp3) is 0.923. The van der Waals surface area contributed by atoms with Crippen molar-refractivity contribution in [3.63, 3.8) is 0 Å². The van der Waals surface area contributed by atoms with Crippen molar-refractivity contribution < 1.29 is 15.0 Å². The highest BCUT2D eigenvalue weighted by atomic mass is 16.4. The Morgan fingerprint density at radius 1 is 1.38 bits per heavy atom. The molecule has 0 heterocycles. The van der Waals surface area contributed by atoms with E-state index in [1.54, 1.807) is 6.92 Å². The lowest BCUT2D eigenvalue weighted by molar-refractivity contribution is -0.145. The van der Waals surface area contributed by atoms with Crippen LogP contribution in [0, 0.1) is 23.7 Å². The molecule has 2 N–H and O–H groups in total. The van der Waals surface area contributed by atoms with Crippen LogP contribution in [0.25, 0.3) is 0 Å². The lowest BCUT2D eigenvalue weighted by Gasteiger charge is -2.23. The van der Waals surface area contributed by atoms with Crippen LogP contribution in [0.2, 0.25) is 0 Å². The predicted octanol–water partition coefficient (Wildman–Crippen LogP) is 2.28. The van der Waals surface area contributed by atoms with E-state index in [1.807, 2.05) is 0 Å². The Kier molecular flexibility index (Phi) is 3.53. The maximum atomic E-state index is 10.7. The Balaban J connectivity index is 1.73. The van der Waals surface area contributed by atoms with E-state index in [-0.39, 0.29) is 0 Å². The van der Waals surface area contributed by atoms with Crippen LogP contribution in [-0.2, 0) is 4.79 Å². The first-order valence-corrected chi connectivity index (χ1v) is 6.48. The van der Waals surface area contributed by atoms with Crippen LogP contribution in [0.15, 0.2) is 0 Å². The molecule has 2 aliphatic carbocycles. The SMILES string of the molecule is CC(C(=O)O)C(O)CCC1CC2CCC1C2. The van der Waals surface area contributed by atoms with Gasteiger partial charge in [0, 0.05) is 0 Å². The lowest BCUT2D eigenvalue weighted by atomic mass is 9.84. The molecule has 2 bridgehead atoms. The second-order valence-electron chi connectivity index (χ2n) is 5.71. The minimum atomic E-state index is -0.888. The number of aliphatic hydroxyl groups is 1. The minimum absolute atomic E-state index is 0.626. The number of hydrogen-bond acceptors (Lipinski definition) is 2. The number of carboxylic acids is 1. The molecule has 0 amide bonds. The van der Waals surface area contributed by atoms with Gasteiger partial charge in [-0.2, -0.15) is 0 Å². The topological polar surface area (TPSA) is 57.5 Å². The largest absolute Gasteiger partial charge is 0.481 e. The molecular weight excluding hydrogens is 204 g/mol. The van der Waals surface area contributed by atoms with Crippen molar-refractivity contribution in [2.24, 2.45) is 23.7 Å². The smallest absolute Gasteiger partial charge is 0.308 e. The summed E-state index contributed by atoms with van der Waals surface area (Å²) in [5.74, 6) is 1.05. The summed E-state index contributed by atoms with van der Waals surface area (Å²) in [6, 6.07) is 0. The molecule has 2 aliphatic rings. The van der Waals surface area contributed by atoms with Crippen LogP contribution in [0.5, 0.6) is 0 Å². The average molecular weight is 226 g/mol. The Morgan fingerprint density at radius 3 is 2.62 bits per heavy atom. The monoisotopic (exact) mass is 226 g/mol. The van der Waals surface area contributed by atoms with E-state index in [1.165, 1.54) is 25.7 Å². The fourth-order valence-corrected chi connectivity index (χ4v) is 3.53. The third kappa shape index (κ3) is 2.40. The molecule has 0 aromatic heterocycles. The normalized spacial score (nSPS) is 36.2. The number of rotatable bonds is 5. The lowest BCUT2D eigenvalue weighted by Crippen LogP contribution is -2.26. The van der Waals surface area contributed by atoms with Crippen LogP contribution in [0.1, 0.15) is 45.4 Å². The molecule has 0 aromatic rings. The zero-order valence-electron chi connectivity index (χ0n) is 9.93. The summed E-state index contributed by atoms with van der Waals surface area (Å²) in [4.78, 5) is 10.7. The summed E-state index contributed by atoms with van der Waals surface area (Å²) < 4.78 is 0. The van der Waals surface area contributed by atoms with Gasteiger partial charge in [0.2, 0.25) is 0 Å². The third-order valence-electron chi connectivity index (χ3n) is 4.68. The van der Waals surface area contributed by atoms with Crippen LogP contribution in [0.4, 0.5) is 0 Å². The van der Waals surface area contributed by atoms with E-state index in [0.717, 1.165) is 24.2 Å². The standard InChI is InChI=1S/C13H22O3/c1-8(13(15)16)12(14)5-4-11-7-9-2-3-10(11)6-9/h8-12,14H,2-7H2,1H3,(H,15,16). The quantitative estimate of drug-likeness (QED) is 0.756. The number of carbonyl (C=O) groups is 1. The molecule has 92 valence electrons. The molecule has 5 atom stereocenters. The van der Waals surface area contributed by atoms with Crippen molar-refractivity contribution in [2.45, 2.75) is 51.6 Å². The average Bonchev–Trinajstić information content (AvgIpc) is 2.86. The van der Waals surface area contributed by atoms with E-state index in [9.17, 15) is 9.90 Å². The molecule has 0 saturated heterocycles. The fourth-order valence-electron chi connectivity index (χ4n) is 3.53. The zero-order chi connectivity index (χ0) is 11.7. The van der Waals surface area contributed by atoms with Crippen LogP contribution >= 0.6 is 0 Å². The molecule has 3 heteroatoms. The van der Waals surface area contributed by atoms with E-state index in [2.05, 4.69) is 0 Å². The highest BCUT2D eigenvalue weighted by Gasteiger charge is 2.39. The number of aliphatic carboxylic acids is 1. The highest BCUT2D eigenvalue weighted by Crippen LogP contribution is 2.50. The van der Waals surface area contributed by atoms with Crippen molar-refractivity contribution >= 4 is 5.97 Å². The van der Waals surface area contributed by atoms with Gasteiger partial charge in [-0.1, -0.05) is 6.42 Å². The molecule has 0 aromatic carbocycles. The molecule has 2 fully saturated rings. The minimum Gasteiger partial charge on any atom is -0.481 e. The van der Waals surface area contributed by atoms with Crippen molar-refractivity contribution in [1.82, 2.24) is 0 Å². The summed E-state index contributed by atoms with van der Waals surface area (Å²) in [5.41, 5.74) is 0. The van der Waals surface area contributed by atoms with Gasteiger partial charge in [-0.15, -0.1) is 0 Å². The van der Waals surface area contributed by atoms with Gasteiger partial charge in [0.1, 0.15) is 0 Å². The second-order valence-corrected chi connectivity index (χ2v) is 5.71. The molecule has 0 aliphatic heterocycles. The van der Waals surface area contributed by atoms with Gasteiger partial charge in [0.05, 0.1) is 12.0 Å². The van der Waals surface area contributed by atoms with Gasteiger partial charge >= 0.3 is 5.97 Å². The molecule has 5 unspecified atom stereocenters. The first-order chi connectivity index (χ1) is 7.58. The first kappa shape index (κ1) is 11.9. The molecule has 2 rings (SSSR count). The summed E-state index contributed by atoms with van der Waals surface area (Å²) >= 11 is 0. The predicted molar refractivity (Wildman–Crippen MR) is 61.0 cm³/mol. The number of carboxylic acid groups (broad SMARTS) is 1. The van der Waals surface area contributed by atoms with Crippen LogP contribution < -0.4 is 0 Å². The Hall–Kier alpha value is -0.570. The first-order valence-electron chi connectivity index (χ1n) is 6.48. The summed E-state index contributed by atoms with van der Waals surface area (Å²) in [6.45, 7) is 1.59. The second kappa shape index (κ2) is 4.74. The van der Waals surface area contributed by atoms with Gasteiger partial charge in [0.25, 0.3) is 0 Å². The summed E-state index contributed by atoms with van der Waals surface area (Å²) in [6.07, 6.45) is 6.46. The number of aliphatic hydroxyl groups excluding tert-OH is 1. The van der Waals surface area contributed by atoms with Gasteiger partial charge in [0.15, 0.2) is 0 Å².